The largest absolute Gasteiger partial charge is 0.481 e. The van der Waals surface area contributed by atoms with Crippen molar-refractivity contribution in [1.82, 2.24) is 9.88 Å². The van der Waals surface area contributed by atoms with Crippen LogP contribution < -0.4 is 4.74 Å². The Bertz CT molecular complexity index is 394. The van der Waals surface area contributed by atoms with Gasteiger partial charge in [-0.2, -0.15) is 0 Å². The van der Waals surface area contributed by atoms with Gasteiger partial charge in [0, 0.05) is 37.7 Å². The average molecular weight is 255 g/mol. The van der Waals surface area contributed by atoms with E-state index >= 15 is 0 Å². The normalized spacial score (nSPS) is 19.8. The Morgan fingerprint density at radius 2 is 2.41 bits per heavy atom. The van der Waals surface area contributed by atoms with Gasteiger partial charge in [0.15, 0.2) is 0 Å². The second-order valence-electron chi connectivity index (χ2n) is 4.21. The summed E-state index contributed by atoms with van der Waals surface area (Å²) >= 11 is 5.77. The SMILES string of the molecule is COc1ccc(CN2CC(CCl)CC2=O)cn1. The van der Waals surface area contributed by atoms with Gasteiger partial charge in [-0.1, -0.05) is 6.07 Å². The first-order valence-corrected chi connectivity index (χ1v) is 6.09. The molecule has 1 unspecified atom stereocenters. The predicted octanol–water partition coefficient (Wildman–Crippen LogP) is 1.68. The second kappa shape index (κ2) is 5.36. The van der Waals surface area contributed by atoms with Crippen molar-refractivity contribution in [3.63, 3.8) is 0 Å². The van der Waals surface area contributed by atoms with Crippen LogP contribution in [0.3, 0.4) is 0 Å². The minimum absolute atomic E-state index is 0.173. The number of aromatic nitrogens is 1. The van der Waals surface area contributed by atoms with E-state index in [4.69, 9.17) is 16.3 Å². The fraction of sp³-hybridized carbons (Fsp3) is 0.500. The van der Waals surface area contributed by atoms with Gasteiger partial charge < -0.3 is 9.64 Å². The van der Waals surface area contributed by atoms with Crippen LogP contribution in [0.15, 0.2) is 18.3 Å². The Labute approximate surface area is 106 Å². The molecule has 92 valence electrons. The quantitative estimate of drug-likeness (QED) is 0.768. The third kappa shape index (κ3) is 2.88. The van der Waals surface area contributed by atoms with Crippen molar-refractivity contribution in [1.29, 1.82) is 0 Å². The highest BCUT2D eigenvalue weighted by molar-refractivity contribution is 6.18. The molecule has 4 nitrogen and oxygen atoms in total. The number of carbonyl (C=O) groups is 1. The zero-order chi connectivity index (χ0) is 12.3. The maximum absolute atomic E-state index is 11.7. The molecule has 1 aliphatic rings. The van der Waals surface area contributed by atoms with Gasteiger partial charge in [-0.15, -0.1) is 11.6 Å². The molecule has 17 heavy (non-hydrogen) atoms. The first-order valence-electron chi connectivity index (χ1n) is 5.55. The van der Waals surface area contributed by atoms with Gasteiger partial charge in [0.25, 0.3) is 0 Å². The molecule has 0 bridgehead atoms. The van der Waals surface area contributed by atoms with Crippen molar-refractivity contribution < 1.29 is 9.53 Å². The fourth-order valence-electron chi connectivity index (χ4n) is 1.96. The summed E-state index contributed by atoms with van der Waals surface area (Å²) in [5, 5.41) is 0. The Morgan fingerprint density at radius 3 is 2.94 bits per heavy atom. The summed E-state index contributed by atoms with van der Waals surface area (Å²) in [4.78, 5) is 17.6. The minimum atomic E-state index is 0.173. The summed E-state index contributed by atoms with van der Waals surface area (Å²) < 4.78 is 4.99. The lowest BCUT2D eigenvalue weighted by molar-refractivity contribution is -0.128. The van der Waals surface area contributed by atoms with Crippen molar-refractivity contribution in [2.24, 2.45) is 5.92 Å². The molecule has 0 N–H and O–H groups in total. The van der Waals surface area contributed by atoms with E-state index in [1.807, 2.05) is 11.0 Å². The van der Waals surface area contributed by atoms with Crippen LogP contribution in [-0.2, 0) is 11.3 Å². The predicted molar refractivity (Wildman–Crippen MR) is 65.0 cm³/mol. The maximum atomic E-state index is 11.7. The number of alkyl halides is 1. The molecule has 0 aliphatic carbocycles. The van der Waals surface area contributed by atoms with Gasteiger partial charge >= 0.3 is 0 Å². The van der Waals surface area contributed by atoms with E-state index in [2.05, 4.69) is 4.98 Å². The van der Waals surface area contributed by atoms with E-state index < -0.39 is 0 Å². The van der Waals surface area contributed by atoms with Crippen LogP contribution in [0, 0.1) is 5.92 Å². The van der Waals surface area contributed by atoms with Gasteiger partial charge in [0.2, 0.25) is 11.8 Å². The number of carbonyl (C=O) groups excluding carboxylic acids is 1. The number of amides is 1. The van der Waals surface area contributed by atoms with E-state index in [1.54, 1.807) is 19.4 Å². The Hall–Kier alpha value is -1.29. The topological polar surface area (TPSA) is 42.4 Å². The summed E-state index contributed by atoms with van der Waals surface area (Å²) in [6.07, 6.45) is 2.30. The molecular formula is C12H15ClN2O2. The summed E-state index contributed by atoms with van der Waals surface area (Å²) in [5.41, 5.74) is 1.01. The molecule has 1 atom stereocenters. The highest BCUT2D eigenvalue weighted by Crippen LogP contribution is 2.21. The van der Waals surface area contributed by atoms with Crippen LogP contribution in [0.1, 0.15) is 12.0 Å². The zero-order valence-electron chi connectivity index (χ0n) is 9.73. The first kappa shape index (κ1) is 12.2. The monoisotopic (exact) mass is 254 g/mol. The molecule has 0 radical (unpaired) electrons. The van der Waals surface area contributed by atoms with E-state index in [9.17, 15) is 4.79 Å². The molecular weight excluding hydrogens is 240 g/mol. The standard InChI is InChI=1S/C12H15ClN2O2/c1-17-11-3-2-9(6-14-11)7-15-8-10(5-13)4-12(15)16/h2-3,6,10H,4-5,7-8H2,1H3. The molecule has 1 fully saturated rings. The summed E-state index contributed by atoms with van der Waals surface area (Å²) in [6.45, 7) is 1.34. The van der Waals surface area contributed by atoms with Crippen LogP contribution in [0.4, 0.5) is 0 Å². The van der Waals surface area contributed by atoms with E-state index in [1.165, 1.54) is 0 Å². The number of pyridine rings is 1. The smallest absolute Gasteiger partial charge is 0.223 e. The van der Waals surface area contributed by atoms with Crippen molar-refractivity contribution in [2.75, 3.05) is 19.5 Å². The van der Waals surface area contributed by atoms with Crippen LogP contribution in [0.25, 0.3) is 0 Å². The zero-order valence-corrected chi connectivity index (χ0v) is 10.5. The number of likely N-dealkylation sites (tertiary alicyclic amines) is 1. The molecule has 5 heteroatoms. The van der Waals surface area contributed by atoms with Gasteiger partial charge in [0.05, 0.1) is 7.11 Å². The Morgan fingerprint density at radius 1 is 1.59 bits per heavy atom. The lowest BCUT2D eigenvalue weighted by Crippen LogP contribution is -2.24. The van der Waals surface area contributed by atoms with E-state index in [0.717, 1.165) is 12.1 Å². The summed E-state index contributed by atoms with van der Waals surface area (Å²) in [7, 11) is 1.58. The van der Waals surface area contributed by atoms with Crippen LogP contribution in [0.2, 0.25) is 0 Å². The van der Waals surface area contributed by atoms with Gasteiger partial charge in [0.1, 0.15) is 0 Å². The molecule has 1 aromatic rings. The van der Waals surface area contributed by atoms with E-state index in [-0.39, 0.29) is 11.8 Å². The molecule has 1 saturated heterocycles. The minimum Gasteiger partial charge on any atom is -0.481 e. The lowest BCUT2D eigenvalue weighted by Gasteiger charge is -2.16. The number of ether oxygens (including phenoxy) is 1. The van der Waals surface area contributed by atoms with Gasteiger partial charge in [-0.05, 0) is 11.5 Å². The molecule has 1 amide bonds. The van der Waals surface area contributed by atoms with Crippen molar-refractivity contribution in [3.8, 4) is 5.88 Å². The number of halogens is 1. The third-order valence-corrected chi connectivity index (χ3v) is 3.33. The maximum Gasteiger partial charge on any atom is 0.223 e. The Kier molecular flexibility index (Phi) is 3.84. The summed E-state index contributed by atoms with van der Waals surface area (Å²) in [5.74, 6) is 1.59. The molecule has 0 aromatic carbocycles. The average Bonchev–Trinajstić information content (AvgIpc) is 2.71. The van der Waals surface area contributed by atoms with Crippen molar-refractivity contribution in [2.45, 2.75) is 13.0 Å². The van der Waals surface area contributed by atoms with Crippen LogP contribution in [0.5, 0.6) is 5.88 Å². The van der Waals surface area contributed by atoms with Crippen LogP contribution in [-0.4, -0.2) is 35.3 Å². The number of nitrogens with zero attached hydrogens (tertiary/aromatic N) is 2. The van der Waals surface area contributed by atoms with Gasteiger partial charge in [-0.3, -0.25) is 4.79 Å². The molecule has 2 heterocycles. The fourth-order valence-corrected chi connectivity index (χ4v) is 2.16. The number of rotatable bonds is 4. The first-order chi connectivity index (χ1) is 8.22. The highest BCUT2D eigenvalue weighted by Gasteiger charge is 2.28. The number of hydrogen-bond acceptors (Lipinski definition) is 3. The van der Waals surface area contributed by atoms with Crippen molar-refractivity contribution >= 4 is 17.5 Å². The molecule has 0 saturated carbocycles. The lowest BCUT2D eigenvalue weighted by atomic mass is 10.1. The van der Waals surface area contributed by atoms with Crippen LogP contribution >= 0.6 is 11.6 Å². The molecule has 0 spiro atoms. The summed E-state index contributed by atoms with van der Waals surface area (Å²) in [6, 6.07) is 3.72. The molecule has 1 aliphatic heterocycles. The number of methoxy groups -OCH3 is 1. The van der Waals surface area contributed by atoms with E-state index in [0.29, 0.717) is 24.7 Å². The molecule has 2 rings (SSSR count). The second-order valence-corrected chi connectivity index (χ2v) is 4.52. The Balaban J connectivity index is 1.98. The van der Waals surface area contributed by atoms with Crippen molar-refractivity contribution in [3.05, 3.63) is 23.9 Å². The van der Waals surface area contributed by atoms with Gasteiger partial charge in [-0.25, -0.2) is 4.98 Å². The molecule has 1 aromatic heterocycles. The highest BCUT2D eigenvalue weighted by atomic mass is 35.5. The number of hydrogen-bond donors (Lipinski definition) is 0. The third-order valence-electron chi connectivity index (χ3n) is 2.89.